The Bertz CT molecular complexity index is 1870. The first-order chi connectivity index (χ1) is 18.4. The van der Waals surface area contributed by atoms with E-state index >= 15 is 0 Å². The van der Waals surface area contributed by atoms with Gasteiger partial charge in [-0.1, -0.05) is 140 Å². The highest BCUT2D eigenvalue weighted by Gasteiger charge is 2.19. The molecule has 0 N–H and O–H groups in total. The van der Waals surface area contributed by atoms with Crippen molar-refractivity contribution in [3.05, 3.63) is 146 Å². The van der Waals surface area contributed by atoms with Crippen LogP contribution in [0.15, 0.2) is 146 Å². The Morgan fingerprint density at radius 3 is 1.46 bits per heavy atom. The van der Waals surface area contributed by atoms with E-state index < -0.39 is 0 Å². The van der Waals surface area contributed by atoms with Crippen LogP contribution in [0.3, 0.4) is 0 Å². The molecule has 7 aromatic rings. The molecule has 1 heteroatoms. The summed E-state index contributed by atoms with van der Waals surface area (Å²) in [6, 6.07) is 52.6. The third kappa shape index (κ3) is 3.85. The summed E-state index contributed by atoms with van der Waals surface area (Å²) >= 11 is 1.90. The predicted molar refractivity (Wildman–Crippen MR) is 161 cm³/mol. The molecular formula is C36H24S. The van der Waals surface area contributed by atoms with Crippen molar-refractivity contribution < 1.29 is 0 Å². The standard InChI is InChI=1S/C36H24S/c1-2-13-26(14-3-1)29-16-6-8-18-31(29)35-33-20-10-11-21-34(33)36(37-35)32-19-9-7-17-30(32)28-23-22-25-12-4-5-15-27(25)24-28/h1-24H. The van der Waals surface area contributed by atoms with Gasteiger partial charge in [-0.2, -0.15) is 0 Å². The van der Waals surface area contributed by atoms with Crippen molar-refractivity contribution in [1.82, 2.24) is 0 Å². The molecule has 0 fully saturated rings. The average Bonchev–Trinajstić information content (AvgIpc) is 3.37. The Kier molecular flexibility index (Phi) is 5.42. The molecule has 0 aliphatic heterocycles. The number of benzene rings is 6. The van der Waals surface area contributed by atoms with Gasteiger partial charge in [0, 0.05) is 31.7 Å². The molecule has 0 atom stereocenters. The van der Waals surface area contributed by atoms with Crippen LogP contribution < -0.4 is 0 Å². The minimum absolute atomic E-state index is 1.24. The first kappa shape index (κ1) is 21.8. The zero-order valence-electron chi connectivity index (χ0n) is 20.3. The van der Waals surface area contributed by atoms with E-state index in [1.807, 2.05) is 11.3 Å². The molecule has 0 unspecified atom stereocenters. The highest BCUT2D eigenvalue weighted by molar-refractivity contribution is 7.21. The Morgan fingerprint density at radius 1 is 0.324 bits per heavy atom. The molecule has 0 radical (unpaired) electrons. The summed E-state index contributed by atoms with van der Waals surface area (Å²) in [5.41, 5.74) is 7.59. The molecular weight excluding hydrogens is 464 g/mol. The van der Waals surface area contributed by atoms with Gasteiger partial charge >= 0.3 is 0 Å². The molecule has 0 saturated carbocycles. The molecule has 7 rings (SSSR count). The van der Waals surface area contributed by atoms with Gasteiger partial charge in [-0.05, 0) is 39.1 Å². The van der Waals surface area contributed by atoms with Crippen molar-refractivity contribution in [1.29, 1.82) is 0 Å². The van der Waals surface area contributed by atoms with E-state index in [2.05, 4.69) is 146 Å². The van der Waals surface area contributed by atoms with Crippen molar-refractivity contribution in [2.24, 2.45) is 0 Å². The summed E-state index contributed by atoms with van der Waals surface area (Å²) in [5, 5.41) is 5.14. The SMILES string of the molecule is c1ccc(-c2ccccc2-c2sc(-c3ccccc3-c3ccc4ccccc4c3)c3ccccc23)cc1. The lowest BCUT2D eigenvalue weighted by atomic mass is 9.94. The quantitative estimate of drug-likeness (QED) is 0.231. The Morgan fingerprint density at radius 2 is 0.811 bits per heavy atom. The number of hydrogen-bond acceptors (Lipinski definition) is 1. The van der Waals surface area contributed by atoms with E-state index in [1.54, 1.807) is 0 Å². The Hall–Kier alpha value is -4.46. The molecule has 1 aromatic heterocycles. The summed E-state index contributed by atoms with van der Waals surface area (Å²) in [7, 11) is 0. The van der Waals surface area contributed by atoms with Crippen LogP contribution in [0.2, 0.25) is 0 Å². The van der Waals surface area contributed by atoms with Crippen LogP contribution in [0, 0.1) is 0 Å². The van der Waals surface area contributed by atoms with E-state index in [4.69, 9.17) is 0 Å². The van der Waals surface area contributed by atoms with Crippen LogP contribution in [-0.4, -0.2) is 0 Å². The maximum atomic E-state index is 2.32. The van der Waals surface area contributed by atoms with Gasteiger partial charge in [0.15, 0.2) is 0 Å². The van der Waals surface area contributed by atoms with Gasteiger partial charge in [-0.15, -0.1) is 11.3 Å². The molecule has 0 aliphatic carbocycles. The van der Waals surface area contributed by atoms with E-state index in [9.17, 15) is 0 Å². The van der Waals surface area contributed by atoms with E-state index in [1.165, 1.54) is 64.7 Å². The molecule has 0 saturated heterocycles. The van der Waals surface area contributed by atoms with Gasteiger partial charge in [-0.25, -0.2) is 0 Å². The number of fused-ring (bicyclic) bond motifs is 2. The van der Waals surface area contributed by atoms with Gasteiger partial charge in [0.05, 0.1) is 0 Å². The van der Waals surface area contributed by atoms with Crippen molar-refractivity contribution in [3.8, 4) is 43.1 Å². The molecule has 0 spiro atoms. The first-order valence-electron chi connectivity index (χ1n) is 12.6. The van der Waals surface area contributed by atoms with Crippen molar-refractivity contribution in [3.63, 3.8) is 0 Å². The molecule has 0 nitrogen and oxygen atoms in total. The largest absolute Gasteiger partial charge is 0.134 e. The maximum absolute atomic E-state index is 2.32. The normalized spacial score (nSPS) is 11.2. The van der Waals surface area contributed by atoms with Gasteiger partial charge in [0.2, 0.25) is 0 Å². The molecule has 1 heterocycles. The molecule has 0 bridgehead atoms. The third-order valence-electron chi connectivity index (χ3n) is 7.11. The third-order valence-corrected chi connectivity index (χ3v) is 8.40. The number of rotatable bonds is 4. The summed E-state index contributed by atoms with van der Waals surface area (Å²) in [6.45, 7) is 0. The topological polar surface area (TPSA) is 0 Å². The fraction of sp³-hybridized carbons (Fsp3) is 0. The van der Waals surface area contributed by atoms with Gasteiger partial charge < -0.3 is 0 Å². The average molecular weight is 489 g/mol. The number of thiophene rings is 1. The van der Waals surface area contributed by atoms with Crippen LogP contribution in [-0.2, 0) is 0 Å². The number of hydrogen-bond donors (Lipinski definition) is 0. The lowest BCUT2D eigenvalue weighted by molar-refractivity contribution is 1.62. The molecule has 174 valence electrons. The fourth-order valence-electron chi connectivity index (χ4n) is 5.33. The minimum Gasteiger partial charge on any atom is -0.134 e. The van der Waals surface area contributed by atoms with E-state index in [0.29, 0.717) is 0 Å². The molecule has 37 heavy (non-hydrogen) atoms. The molecule has 0 aliphatic rings. The summed E-state index contributed by atoms with van der Waals surface area (Å²) in [6.07, 6.45) is 0. The van der Waals surface area contributed by atoms with E-state index in [0.717, 1.165) is 0 Å². The van der Waals surface area contributed by atoms with Crippen molar-refractivity contribution in [2.75, 3.05) is 0 Å². The highest BCUT2D eigenvalue weighted by atomic mass is 32.1. The molecule has 0 amide bonds. The molecule has 6 aromatic carbocycles. The van der Waals surface area contributed by atoms with Crippen LogP contribution in [0.1, 0.15) is 0 Å². The monoisotopic (exact) mass is 488 g/mol. The summed E-state index contributed by atoms with van der Waals surface area (Å²) < 4.78 is 0. The minimum atomic E-state index is 1.24. The lowest BCUT2D eigenvalue weighted by Gasteiger charge is -2.10. The van der Waals surface area contributed by atoms with Gasteiger partial charge in [0.25, 0.3) is 0 Å². The van der Waals surface area contributed by atoms with Crippen LogP contribution in [0.25, 0.3) is 64.7 Å². The Balaban J connectivity index is 1.46. The summed E-state index contributed by atoms with van der Waals surface area (Å²) in [5.74, 6) is 0. The second kappa shape index (κ2) is 9.20. The van der Waals surface area contributed by atoms with Crippen LogP contribution in [0.5, 0.6) is 0 Å². The van der Waals surface area contributed by atoms with Crippen molar-refractivity contribution >= 4 is 32.9 Å². The second-order valence-corrected chi connectivity index (χ2v) is 10.3. The summed E-state index contributed by atoms with van der Waals surface area (Å²) in [4.78, 5) is 2.63. The zero-order chi connectivity index (χ0) is 24.6. The lowest BCUT2D eigenvalue weighted by Crippen LogP contribution is -1.84. The second-order valence-electron chi connectivity index (χ2n) is 9.33. The van der Waals surface area contributed by atoms with Gasteiger partial charge in [-0.3, -0.25) is 0 Å². The maximum Gasteiger partial charge on any atom is 0.0434 e. The highest BCUT2D eigenvalue weighted by Crippen LogP contribution is 2.48. The smallest absolute Gasteiger partial charge is 0.0434 e. The van der Waals surface area contributed by atoms with E-state index in [-0.39, 0.29) is 0 Å². The first-order valence-corrected chi connectivity index (χ1v) is 13.4. The zero-order valence-corrected chi connectivity index (χ0v) is 21.1. The predicted octanol–water partition coefficient (Wildman–Crippen LogP) is 10.7. The Labute approximate surface area is 221 Å². The van der Waals surface area contributed by atoms with Gasteiger partial charge in [0.1, 0.15) is 0 Å². The van der Waals surface area contributed by atoms with Crippen LogP contribution >= 0.6 is 11.3 Å². The van der Waals surface area contributed by atoms with Crippen LogP contribution in [0.4, 0.5) is 0 Å². The fourth-order valence-corrected chi connectivity index (χ4v) is 6.69. The van der Waals surface area contributed by atoms with Crippen molar-refractivity contribution in [2.45, 2.75) is 0 Å².